The number of methoxy groups -OCH3 is 1. The average Bonchev–Trinajstić information content (AvgIpc) is 2.15. The zero-order valence-corrected chi connectivity index (χ0v) is 8.20. The van der Waals surface area contributed by atoms with Crippen LogP contribution in [0.4, 0.5) is 0 Å². The van der Waals surface area contributed by atoms with Gasteiger partial charge in [-0.3, -0.25) is 0 Å². The second kappa shape index (κ2) is 3.46. The van der Waals surface area contributed by atoms with E-state index in [9.17, 15) is 4.79 Å². The van der Waals surface area contributed by atoms with Gasteiger partial charge in [0, 0.05) is 6.42 Å². The highest BCUT2D eigenvalue weighted by Crippen LogP contribution is 2.26. The van der Waals surface area contributed by atoms with E-state index in [1.807, 2.05) is 6.92 Å². The average molecular weight is 196 g/mol. The molecular formula is C10H12O4. The van der Waals surface area contributed by atoms with Crippen molar-refractivity contribution in [1.82, 2.24) is 0 Å². The quantitative estimate of drug-likeness (QED) is 0.675. The maximum absolute atomic E-state index is 11.1. The summed E-state index contributed by atoms with van der Waals surface area (Å²) in [6.45, 7) is 2.39. The minimum Gasteiger partial charge on any atom is -0.496 e. The molecule has 0 aliphatic carbocycles. The van der Waals surface area contributed by atoms with E-state index in [2.05, 4.69) is 0 Å². The second-order valence-corrected chi connectivity index (χ2v) is 3.36. The van der Waals surface area contributed by atoms with Crippen LogP contribution < -0.4 is 10.4 Å². The molecule has 1 aromatic heterocycles. The predicted octanol–water partition coefficient (Wildman–Crippen LogP) is 1.11. The Labute approximate surface area is 81.4 Å². The lowest BCUT2D eigenvalue weighted by molar-refractivity contribution is 0.0309. The normalized spacial score (nSPS) is 20.3. The molecule has 0 saturated heterocycles. The van der Waals surface area contributed by atoms with Crippen LogP contribution in [0.2, 0.25) is 0 Å². The van der Waals surface area contributed by atoms with E-state index < -0.39 is 0 Å². The largest absolute Gasteiger partial charge is 0.496 e. The molecule has 0 bridgehead atoms. The molecule has 0 unspecified atom stereocenters. The van der Waals surface area contributed by atoms with Crippen LogP contribution in [-0.4, -0.2) is 13.2 Å². The van der Waals surface area contributed by atoms with Crippen molar-refractivity contribution in [2.45, 2.75) is 26.1 Å². The van der Waals surface area contributed by atoms with Crippen LogP contribution in [0, 0.1) is 0 Å². The summed E-state index contributed by atoms with van der Waals surface area (Å²) < 4.78 is 15.6. The molecule has 1 atom stereocenters. The van der Waals surface area contributed by atoms with Crippen molar-refractivity contribution in [2.24, 2.45) is 0 Å². The SMILES string of the molecule is COc1cc(=O)oc2c1CO[C@@H](C)C2. The fourth-order valence-corrected chi connectivity index (χ4v) is 1.59. The van der Waals surface area contributed by atoms with Crippen LogP contribution in [0.3, 0.4) is 0 Å². The lowest BCUT2D eigenvalue weighted by atomic mass is 10.1. The van der Waals surface area contributed by atoms with E-state index in [0.717, 1.165) is 5.56 Å². The van der Waals surface area contributed by atoms with Gasteiger partial charge in [0.2, 0.25) is 0 Å². The van der Waals surface area contributed by atoms with Gasteiger partial charge >= 0.3 is 5.63 Å². The zero-order chi connectivity index (χ0) is 10.1. The van der Waals surface area contributed by atoms with E-state index in [1.54, 1.807) is 0 Å². The lowest BCUT2D eigenvalue weighted by Crippen LogP contribution is -2.21. The summed E-state index contributed by atoms with van der Waals surface area (Å²) in [6, 6.07) is 1.35. The van der Waals surface area contributed by atoms with Gasteiger partial charge in [-0.1, -0.05) is 0 Å². The molecule has 4 heteroatoms. The Bertz CT molecular complexity index is 394. The Morgan fingerprint density at radius 2 is 2.36 bits per heavy atom. The maximum atomic E-state index is 11.1. The van der Waals surface area contributed by atoms with E-state index >= 15 is 0 Å². The van der Waals surface area contributed by atoms with Gasteiger partial charge in [-0.15, -0.1) is 0 Å². The van der Waals surface area contributed by atoms with Crippen LogP contribution in [-0.2, 0) is 17.8 Å². The van der Waals surface area contributed by atoms with E-state index in [1.165, 1.54) is 13.2 Å². The molecule has 0 saturated carbocycles. The van der Waals surface area contributed by atoms with Crippen molar-refractivity contribution < 1.29 is 13.9 Å². The highest BCUT2D eigenvalue weighted by atomic mass is 16.5. The summed E-state index contributed by atoms with van der Waals surface area (Å²) in [5.41, 5.74) is 0.486. The van der Waals surface area contributed by atoms with Crippen molar-refractivity contribution in [3.63, 3.8) is 0 Å². The first kappa shape index (κ1) is 9.27. The van der Waals surface area contributed by atoms with E-state index in [4.69, 9.17) is 13.9 Å². The summed E-state index contributed by atoms with van der Waals surface area (Å²) in [5, 5.41) is 0. The first-order valence-electron chi connectivity index (χ1n) is 4.52. The van der Waals surface area contributed by atoms with Gasteiger partial charge in [0.15, 0.2) is 0 Å². The van der Waals surface area contributed by atoms with Gasteiger partial charge in [-0.25, -0.2) is 4.79 Å². The fraction of sp³-hybridized carbons (Fsp3) is 0.500. The zero-order valence-electron chi connectivity index (χ0n) is 8.20. The van der Waals surface area contributed by atoms with Crippen LogP contribution in [0.15, 0.2) is 15.3 Å². The van der Waals surface area contributed by atoms with Gasteiger partial charge in [-0.2, -0.15) is 0 Å². The molecule has 76 valence electrons. The molecular weight excluding hydrogens is 184 g/mol. The molecule has 2 rings (SSSR count). The Kier molecular flexibility index (Phi) is 2.29. The summed E-state index contributed by atoms with van der Waals surface area (Å²) in [7, 11) is 1.53. The maximum Gasteiger partial charge on any atom is 0.339 e. The molecule has 1 aliphatic rings. The molecule has 4 nitrogen and oxygen atoms in total. The van der Waals surface area contributed by atoms with Gasteiger partial charge in [0.1, 0.15) is 11.5 Å². The summed E-state index contributed by atoms with van der Waals surface area (Å²) in [4.78, 5) is 11.1. The van der Waals surface area contributed by atoms with Gasteiger partial charge in [0.05, 0.1) is 31.5 Å². The van der Waals surface area contributed by atoms with Crippen molar-refractivity contribution in [3.05, 3.63) is 27.8 Å². The molecule has 2 heterocycles. The number of ether oxygens (including phenoxy) is 2. The number of rotatable bonds is 1. The summed E-state index contributed by atoms with van der Waals surface area (Å²) in [6.07, 6.45) is 0.722. The van der Waals surface area contributed by atoms with Crippen LogP contribution in [0.25, 0.3) is 0 Å². The fourth-order valence-electron chi connectivity index (χ4n) is 1.59. The molecule has 1 aromatic rings. The van der Waals surface area contributed by atoms with E-state index in [0.29, 0.717) is 24.5 Å². The van der Waals surface area contributed by atoms with Crippen molar-refractivity contribution in [3.8, 4) is 5.75 Å². The second-order valence-electron chi connectivity index (χ2n) is 3.36. The topological polar surface area (TPSA) is 48.7 Å². The Morgan fingerprint density at radius 3 is 3.07 bits per heavy atom. The smallest absolute Gasteiger partial charge is 0.339 e. The minimum absolute atomic E-state index is 0.0951. The summed E-state index contributed by atoms with van der Waals surface area (Å²) >= 11 is 0. The lowest BCUT2D eigenvalue weighted by Gasteiger charge is -2.21. The number of hydrogen-bond acceptors (Lipinski definition) is 4. The molecule has 0 fully saturated rings. The molecule has 0 spiro atoms. The first-order valence-corrected chi connectivity index (χ1v) is 4.52. The number of hydrogen-bond donors (Lipinski definition) is 0. The van der Waals surface area contributed by atoms with Crippen molar-refractivity contribution >= 4 is 0 Å². The third kappa shape index (κ3) is 1.53. The van der Waals surface area contributed by atoms with Crippen molar-refractivity contribution in [1.29, 1.82) is 0 Å². The van der Waals surface area contributed by atoms with Gasteiger partial charge in [0.25, 0.3) is 0 Å². The minimum atomic E-state index is -0.366. The third-order valence-corrected chi connectivity index (χ3v) is 2.31. The molecule has 1 aliphatic heterocycles. The third-order valence-electron chi connectivity index (χ3n) is 2.31. The Hall–Kier alpha value is -1.29. The molecule has 0 aromatic carbocycles. The molecule has 0 radical (unpaired) electrons. The standard InChI is InChI=1S/C10H12O4/c1-6-3-9-7(5-13-6)8(12-2)4-10(11)14-9/h4,6H,3,5H2,1-2H3/t6-/m0/s1. The van der Waals surface area contributed by atoms with Gasteiger partial charge < -0.3 is 13.9 Å². The highest BCUT2D eigenvalue weighted by molar-refractivity contribution is 5.34. The van der Waals surface area contributed by atoms with Crippen LogP contribution in [0.1, 0.15) is 18.2 Å². The highest BCUT2D eigenvalue weighted by Gasteiger charge is 2.21. The van der Waals surface area contributed by atoms with Crippen molar-refractivity contribution in [2.75, 3.05) is 7.11 Å². The number of fused-ring (bicyclic) bond motifs is 1. The van der Waals surface area contributed by atoms with E-state index in [-0.39, 0.29) is 11.7 Å². The molecule has 0 amide bonds. The molecule has 14 heavy (non-hydrogen) atoms. The van der Waals surface area contributed by atoms with Crippen LogP contribution in [0.5, 0.6) is 5.75 Å². The Balaban J connectivity index is 2.51. The van der Waals surface area contributed by atoms with Gasteiger partial charge in [-0.05, 0) is 6.92 Å². The molecule has 0 N–H and O–H groups in total. The Morgan fingerprint density at radius 1 is 1.57 bits per heavy atom. The monoisotopic (exact) mass is 196 g/mol. The summed E-state index contributed by atoms with van der Waals surface area (Å²) in [5.74, 6) is 1.25. The van der Waals surface area contributed by atoms with Crippen LogP contribution >= 0.6 is 0 Å². The first-order chi connectivity index (χ1) is 6.70. The predicted molar refractivity (Wildman–Crippen MR) is 49.5 cm³/mol.